The molecule has 1 aromatic carbocycles. The van der Waals surface area contributed by atoms with Crippen LogP contribution >= 0.6 is 23.2 Å². The maximum atomic E-state index is 6.02. The van der Waals surface area contributed by atoms with Crippen LogP contribution < -0.4 is 9.47 Å². The van der Waals surface area contributed by atoms with Crippen LogP contribution in [0, 0.1) is 0 Å². The van der Waals surface area contributed by atoms with Gasteiger partial charge in [0.15, 0.2) is 5.82 Å². The first-order valence-corrected chi connectivity index (χ1v) is 5.87. The van der Waals surface area contributed by atoms with Crippen LogP contribution in [0.5, 0.6) is 11.5 Å². The molecular formula is C10H10Cl2N4O2. The molecule has 2 rings (SSSR count). The van der Waals surface area contributed by atoms with E-state index in [1.807, 2.05) is 0 Å². The molecule has 0 radical (unpaired) electrons. The van der Waals surface area contributed by atoms with E-state index in [2.05, 4.69) is 15.5 Å². The van der Waals surface area contributed by atoms with Gasteiger partial charge in [-0.25, -0.2) is 0 Å². The Morgan fingerprint density at radius 2 is 1.94 bits per heavy atom. The second-order valence-electron chi connectivity index (χ2n) is 3.30. The lowest BCUT2D eigenvalue weighted by Gasteiger charge is -2.12. The molecule has 6 nitrogen and oxygen atoms in total. The molecule has 18 heavy (non-hydrogen) atoms. The summed E-state index contributed by atoms with van der Waals surface area (Å²) in [5, 5.41) is 11.7. The molecule has 1 aromatic heterocycles. The smallest absolute Gasteiger partial charge is 0.171 e. The number of alkyl halides is 1. The molecule has 2 aromatic rings. The molecule has 0 amide bonds. The van der Waals surface area contributed by atoms with E-state index >= 15 is 0 Å². The van der Waals surface area contributed by atoms with Gasteiger partial charge in [0, 0.05) is 12.1 Å². The average Bonchev–Trinajstić information content (AvgIpc) is 2.86. The minimum absolute atomic E-state index is 0.182. The first kappa shape index (κ1) is 12.9. The van der Waals surface area contributed by atoms with Crippen LogP contribution in [-0.4, -0.2) is 34.4 Å². The van der Waals surface area contributed by atoms with Crippen molar-refractivity contribution < 1.29 is 9.47 Å². The van der Waals surface area contributed by atoms with Crippen molar-refractivity contribution in [2.75, 3.05) is 14.2 Å². The maximum Gasteiger partial charge on any atom is 0.171 e. The van der Waals surface area contributed by atoms with Gasteiger partial charge in [-0.2, -0.15) is 4.68 Å². The van der Waals surface area contributed by atoms with Crippen molar-refractivity contribution >= 4 is 23.2 Å². The van der Waals surface area contributed by atoms with Crippen LogP contribution in [0.4, 0.5) is 0 Å². The van der Waals surface area contributed by atoms with Gasteiger partial charge in [0.05, 0.1) is 25.1 Å². The third-order valence-corrected chi connectivity index (χ3v) is 2.87. The van der Waals surface area contributed by atoms with Crippen LogP contribution in [0.15, 0.2) is 12.1 Å². The molecule has 0 aliphatic heterocycles. The monoisotopic (exact) mass is 288 g/mol. The number of ether oxygens (including phenoxy) is 2. The van der Waals surface area contributed by atoms with Crippen LogP contribution in [0.3, 0.4) is 0 Å². The summed E-state index contributed by atoms with van der Waals surface area (Å²) in [5.74, 6) is 1.71. The Labute approximate surface area is 113 Å². The first-order valence-electron chi connectivity index (χ1n) is 4.96. The molecule has 0 unspecified atom stereocenters. The molecule has 0 aliphatic carbocycles. The summed E-state index contributed by atoms with van der Waals surface area (Å²) < 4.78 is 11.9. The van der Waals surface area contributed by atoms with Crippen LogP contribution in [0.2, 0.25) is 5.02 Å². The van der Waals surface area contributed by atoms with E-state index in [1.165, 1.54) is 18.9 Å². The minimum atomic E-state index is 0.182. The fourth-order valence-electron chi connectivity index (χ4n) is 1.49. The highest BCUT2D eigenvalue weighted by Gasteiger charge is 2.15. The highest BCUT2D eigenvalue weighted by atomic mass is 35.5. The Morgan fingerprint density at radius 1 is 1.22 bits per heavy atom. The molecule has 0 saturated carbocycles. The van der Waals surface area contributed by atoms with Crippen molar-refractivity contribution in [3.63, 3.8) is 0 Å². The number of methoxy groups -OCH3 is 2. The van der Waals surface area contributed by atoms with Crippen molar-refractivity contribution in [1.29, 1.82) is 0 Å². The fraction of sp³-hybridized carbons (Fsp3) is 0.300. The number of benzene rings is 1. The number of rotatable bonds is 4. The second kappa shape index (κ2) is 5.41. The molecule has 0 N–H and O–H groups in total. The zero-order valence-electron chi connectivity index (χ0n) is 9.72. The number of nitrogens with zero attached hydrogens (tertiary/aromatic N) is 4. The van der Waals surface area contributed by atoms with Gasteiger partial charge in [0.25, 0.3) is 0 Å². The second-order valence-corrected chi connectivity index (χ2v) is 3.97. The summed E-state index contributed by atoms with van der Waals surface area (Å²) in [7, 11) is 3.06. The fourth-order valence-corrected chi connectivity index (χ4v) is 1.88. The summed E-state index contributed by atoms with van der Waals surface area (Å²) in [5.41, 5.74) is 0.611. The van der Waals surface area contributed by atoms with Gasteiger partial charge < -0.3 is 9.47 Å². The minimum Gasteiger partial charge on any atom is -0.495 e. The Hall–Kier alpha value is -1.53. The summed E-state index contributed by atoms with van der Waals surface area (Å²) in [6.07, 6.45) is 0. The number of hydrogen-bond donors (Lipinski definition) is 0. The van der Waals surface area contributed by atoms with Crippen molar-refractivity contribution in [2.24, 2.45) is 0 Å². The molecule has 0 saturated heterocycles. The number of tetrazole rings is 1. The lowest BCUT2D eigenvalue weighted by atomic mass is 10.2. The average molecular weight is 289 g/mol. The molecule has 1 heterocycles. The van der Waals surface area contributed by atoms with E-state index in [0.29, 0.717) is 28.0 Å². The molecule has 0 atom stereocenters. The standard InChI is InChI=1S/C10H10Cl2N4O2/c1-17-8-4-7(9(18-2)3-6(8)12)16-10(5-11)13-14-15-16/h3-4H,5H2,1-2H3. The van der Waals surface area contributed by atoms with Gasteiger partial charge in [-0.1, -0.05) is 11.6 Å². The lowest BCUT2D eigenvalue weighted by molar-refractivity contribution is 0.400. The van der Waals surface area contributed by atoms with E-state index in [0.717, 1.165) is 0 Å². The topological polar surface area (TPSA) is 62.1 Å². The van der Waals surface area contributed by atoms with E-state index in [4.69, 9.17) is 32.7 Å². The number of hydrogen-bond acceptors (Lipinski definition) is 5. The molecule has 0 spiro atoms. The predicted octanol–water partition coefficient (Wildman–Crippen LogP) is 2.07. The molecule has 96 valence electrons. The van der Waals surface area contributed by atoms with Crippen molar-refractivity contribution in [3.05, 3.63) is 23.0 Å². The number of halogens is 2. The first-order chi connectivity index (χ1) is 8.71. The SMILES string of the molecule is COc1cc(-n2nnnc2CCl)c(OC)cc1Cl. The quantitative estimate of drug-likeness (QED) is 0.806. The predicted molar refractivity (Wildman–Crippen MR) is 66.8 cm³/mol. The highest BCUT2D eigenvalue weighted by molar-refractivity contribution is 6.32. The van der Waals surface area contributed by atoms with Gasteiger partial charge in [-0.05, 0) is 10.4 Å². The summed E-state index contributed by atoms with van der Waals surface area (Å²) in [6, 6.07) is 3.32. The molecular weight excluding hydrogens is 279 g/mol. The molecule has 8 heteroatoms. The van der Waals surface area contributed by atoms with E-state index in [-0.39, 0.29) is 5.88 Å². The van der Waals surface area contributed by atoms with Gasteiger partial charge in [-0.3, -0.25) is 0 Å². The largest absolute Gasteiger partial charge is 0.495 e. The van der Waals surface area contributed by atoms with E-state index in [9.17, 15) is 0 Å². The highest BCUT2D eigenvalue weighted by Crippen LogP contribution is 2.34. The zero-order valence-corrected chi connectivity index (χ0v) is 11.2. The van der Waals surface area contributed by atoms with Gasteiger partial charge >= 0.3 is 0 Å². The van der Waals surface area contributed by atoms with E-state index in [1.54, 1.807) is 12.1 Å². The normalized spacial score (nSPS) is 10.4. The Morgan fingerprint density at radius 3 is 2.56 bits per heavy atom. The van der Waals surface area contributed by atoms with Crippen LogP contribution in [0.25, 0.3) is 5.69 Å². The maximum absolute atomic E-state index is 6.02. The van der Waals surface area contributed by atoms with Crippen molar-refractivity contribution in [2.45, 2.75) is 5.88 Å². The van der Waals surface area contributed by atoms with Gasteiger partial charge in [0.2, 0.25) is 0 Å². The summed E-state index contributed by atoms with van der Waals surface area (Å²) in [4.78, 5) is 0. The summed E-state index contributed by atoms with van der Waals surface area (Å²) in [6.45, 7) is 0. The van der Waals surface area contributed by atoms with Crippen LogP contribution in [-0.2, 0) is 5.88 Å². The third kappa shape index (κ3) is 2.21. The third-order valence-electron chi connectivity index (χ3n) is 2.34. The Kier molecular flexibility index (Phi) is 3.88. The van der Waals surface area contributed by atoms with Crippen LogP contribution in [0.1, 0.15) is 5.82 Å². The molecule has 0 aliphatic rings. The summed E-state index contributed by atoms with van der Waals surface area (Å²) >= 11 is 11.8. The Bertz CT molecular complexity index is 559. The lowest BCUT2D eigenvalue weighted by Crippen LogP contribution is -2.04. The van der Waals surface area contributed by atoms with Gasteiger partial charge in [0.1, 0.15) is 17.2 Å². The Balaban J connectivity index is 2.62. The number of aromatic nitrogens is 4. The van der Waals surface area contributed by atoms with E-state index < -0.39 is 0 Å². The van der Waals surface area contributed by atoms with Crippen molar-refractivity contribution in [3.8, 4) is 17.2 Å². The zero-order chi connectivity index (χ0) is 13.1. The van der Waals surface area contributed by atoms with Crippen molar-refractivity contribution in [1.82, 2.24) is 20.2 Å². The molecule has 0 fully saturated rings. The van der Waals surface area contributed by atoms with Gasteiger partial charge in [-0.15, -0.1) is 16.7 Å². The molecule has 0 bridgehead atoms.